The minimum absolute atomic E-state index is 0.0257. The van der Waals surface area contributed by atoms with Gasteiger partial charge in [0.25, 0.3) is 0 Å². The Kier molecular flexibility index (Phi) is 45.7. The lowest BCUT2D eigenvalue weighted by Crippen LogP contribution is -2.20. The van der Waals surface area contributed by atoms with Gasteiger partial charge in [-0.25, -0.2) is 0 Å². The molecule has 12 aromatic rings. The molecule has 9 aromatic carbocycles. The summed E-state index contributed by atoms with van der Waals surface area (Å²) in [5, 5.41) is 12.8. The van der Waals surface area contributed by atoms with Gasteiger partial charge in [-0.2, -0.15) is 0 Å². The number of aromatic nitrogens is 3. The summed E-state index contributed by atoms with van der Waals surface area (Å²) in [6.45, 7) is 75.1. The predicted octanol–water partition coefficient (Wildman–Crippen LogP) is 31.6. The lowest BCUT2D eigenvalue weighted by Gasteiger charge is -2.24. The predicted molar refractivity (Wildman–Crippen MR) is 550 cm³/mol. The van der Waals surface area contributed by atoms with E-state index in [0.717, 1.165) is 58.7 Å². The van der Waals surface area contributed by atoms with E-state index in [4.69, 9.17) is 38.3 Å². The lowest BCUT2D eigenvalue weighted by molar-refractivity contribution is 0.00530. The van der Waals surface area contributed by atoms with Crippen LogP contribution in [0, 0.1) is 5.41 Å². The van der Waals surface area contributed by atoms with E-state index in [1.54, 1.807) is 42.7 Å². The number of aliphatic hydroxyl groups is 1. The first kappa shape index (κ1) is 113. The first-order valence-corrected chi connectivity index (χ1v) is 45.1. The summed E-state index contributed by atoms with van der Waals surface area (Å²) >= 11 is 0. The molecule has 0 atom stereocenters. The number of benzene rings is 9. The molecule has 12 rings (SSSR count). The molecule has 11 nitrogen and oxygen atoms in total. The Bertz CT molecular complexity index is 4900. The normalized spacial score (nSPS) is 11.6. The number of hydrogen-bond donors (Lipinski definition) is 1. The third-order valence-electron chi connectivity index (χ3n) is 20.1. The average Bonchev–Trinajstić information content (AvgIpc) is 1.65. The number of para-hydroxylation sites is 2. The lowest BCUT2D eigenvalue weighted by atomic mass is 9.85. The molecule has 127 heavy (non-hydrogen) atoms. The smallest absolute Gasteiger partial charge is 0.126 e. The molecule has 698 valence electrons. The minimum atomic E-state index is 0.0257. The molecule has 3 aromatic heterocycles. The van der Waals surface area contributed by atoms with E-state index in [9.17, 15) is 0 Å². The molecule has 0 amide bonds. The third kappa shape index (κ3) is 43.2. The molecule has 0 saturated carbocycles. The fourth-order valence-corrected chi connectivity index (χ4v) is 13.0. The molecule has 0 bridgehead atoms. The molecule has 0 radical (unpaired) electrons. The van der Waals surface area contributed by atoms with Crippen molar-refractivity contribution < 1.29 is 38.3 Å². The Morgan fingerprint density at radius 1 is 0.283 bits per heavy atom. The molecule has 11 heteroatoms. The zero-order chi connectivity index (χ0) is 96.8. The second kappa shape index (κ2) is 51.3. The number of ether oxygens (including phenoxy) is 7. The first-order chi connectivity index (χ1) is 58.6. The zero-order valence-corrected chi connectivity index (χ0v) is 86.7. The van der Waals surface area contributed by atoms with E-state index in [1.165, 1.54) is 55.1 Å². The van der Waals surface area contributed by atoms with Gasteiger partial charge >= 0.3 is 0 Å². The van der Waals surface area contributed by atoms with Crippen molar-refractivity contribution in [1.29, 1.82) is 0 Å². The second-order valence-electron chi connectivity index (χ2n) is 43.2. The van der Waals surface area contributed by atoms with Crippen molar-refractivity contribution in [2.45, 2.75) is 303 Å². The van der Waals surface area contributed by atoms with Crippen molar-refractivity contribution >= 4 is 21.7 Å². The maximum absolute atomic E-state index is 8.83. The van der Waals surface area contributed by atoms with E-state index in [0.29, 0.717) is 10.8 Å². The van der Waals surface area contributed by atoms with Gasteiger partial charge in [-0.15, -0.1) is 0 Å². The highest BCUT2D eigenvalue weighted by molar-refractivity contribution is 5.82. The number of rotatable bonds is 9. The standard InChI is InChI=1S/2C12H15N.2C12H18O2.3C11H16O.C11H16.C10H14.C8H13N.C6H14O/c1-12(2,3)13-8-10-6-4-5-7-11(10)9-13;1-12(2,3)13-9-8-10-6-4-5-7-11(10)13;1-12(2,3)10-7-6-9(13-4)8-11(10)14-5;1-12(2,3)11-9(13-4)7-6-8-10(11)14-5;1-11(2,3)9-6-5-7-10(8-9)12-4;1-11(2,3)9-7-5-6-8-10(9)12-4;1-11(2,3)10-6-4-9(8-12)5-7-10;1-11(2,3)9-10-7-5-4-6-8-10;1-10(2,3)9-7-5-4-6-8-9;1-8(2,3)9-6-4-5-7-9;1-5-7-6(2,3)4/h2*4-9H,1-3H3;2*6-8H,1-5H3;2*5-8H,1-4H3;4-7,12H,8H2,1-3H3;4-8H,9H2,1-3H3;4-8H,1-3H3;4-7H,1-3H3;5H2,1-4H3. The van der Waals surface area contributed by atoms with E-state index in [1.807, 2.05) is 91.9 Å². The topological polar surface area (TPSA) is 99.6 Å². The molecule has 3 heterocycles. The summed E-state index contributed by atoms with van der Waals surface area (Å²) in [5.41, 5.74) is 13.3. The highest BCUT2D eigenvalue weighted by atomic mass is 16.5. The van der Waals surface area contributed by atoms with Crippen LogP contribution in [0.5, 0.6) is 34.5 Å². The summed E-state index contributed by atoms with van der Waals surface area (Å²) in [7, 11) is 10.1. The van der Waals surface area contributed by atoms with Gasteiger partial charge in [-0.1, -0.05) is 315 Å². The molecule has 0 aliphatic rings. The summed E-state index contributed by atoms with van der Waals surface area (Å²) in [6.07, 6.45) is 11.9. The Labute approximate surface area is 773 Å². The molecule has 1 N–H and O–H groups in total. The van der Waals surface area contributed by atoms with Crippen LogP contribution in [0.2, 0.25) is 0 Å². The van der Waals surface area contributed by atoms with Gasteiger partial charge in [0.15, 0.2) is 0 Å². The van der Waals surface area contributed by atoms with Gasteiger partial charge in [0.1, 0.15) is 34.5 Å². The van der Waals surface area contributed by atoms with Crippen LogP contribution in [-0.4, -0.2) is 73.7 Å². The molecule has 0 aliphatic heterocycles. The van der Waals surface area contributed by atoms with Gasteiger partial charge in [-0.05, 0) is 250 Å². The van der Waals surface area contributed by atoms with Crippen LogP contribution >= 0.6 is 0 Å². The van der Waals surface area contributed by atoms with Crippen LogP contribution in [0.15, 0.2) is 268 Å². The number of hydrogen-bond acceptors (Lipinski definition) is 8. The quantitative estimate of drug-likeness (QED) is 0.153. The maximum Gasteiger partial charge on any atom is 0.126 e. The molecule has 0 aliphatic carbocycles. The van der Waals surface area contributed by atoms with Crippen LogP contribution in [0.1, 0.15) is 280 Å². The minimum Gasteiger partial charge on any atom is -0.497 e. The number of nitrogens with zero attached hydrogens (tertiary/aromatic N) is 3. The van der Waals surface area contributed by atoms with Crippen LogP contribution in [0.25, 0.3) is 21.7 Å². The molecular formula is C116H171N3O8. The van der Waals surface area contributed by atoms with Crippen LogP contribution in [-0.2, 0) is 66.9 Å². The Morgan fingerprint density at radius 2 is 0.677 bits per heavy atom. The van der Waals surface area contributed by atoms with E-state index in [-0.39, 0.29) is 55.9 Å². The van der Waals surface area contributed by atoms with Crippen molar-refractivity contribution in [2.24, 2.45) is 5.41 Å². The monoisotopic (exact) mass is 1730 g/mol. The van der Waals surface area contributed by atoms with Crippen molar-refractivity contribution in [3.05, 3.63) is 312 Å². The Hall–Kier alpha value is -9.94. The van der Waals surface area contributed by atoms with E-state index in [2.05, 4.69) is 425 Å². The van der Waals surface area contributed by atoms with Gasteiger partial charge in [0.05, 0.1) is 54.9 Å². The van der Waals surface area contributed by atoms with Gasteiger partial charge in [0.2, 0.25) is 0 Å². The van der Waals surface area contributed by atoms with E-state index < -0.39 is 0 Å². The maximum atomic E-state index is 8.83. The molecule has 0 fully saturated rings. The van der Waals surface area contributed by atoms with E-state index >= 15 is 0 Å². The Balaban J connectivity index is 0.000000475. The summed E-state index contributed by atoms with van der Waals surface area (Å²) in [5.74, 6) is 5.40. The molecular weight excluding hydrogens is 1560 g/mol. The van der Waals surface area contributed by atoms with Crippen LogP contribution in [0.3, 0.4) is 0 Å². The zero-order valence-electron chi connectivity index (χ0n) is 86.7. The molecule has 0 spiro atoms. The highest BCUT2D eigenvalue weighted by Crippen LogP contribution is 2.39. The molecule has 0 unspecified atom stereocenters. The van der Waals surface area contributed by atoms with Crippen molar-refractivity contribution in [2.75, 3.05) is 49.3 Å². The van der Waals surface area contributed by atoms with Crippen molar-refractivity contribution in [3.63, 3.8) is 0 Å². The fourth-order valence-electron chi connectivity index (χ4n) is 13.0. The number of fused-ring (bicyclic) bond motifs is 2. The Morgan fingerprint density at radius 3 is 1.05 bits per heavy atom. The first-order valence-electron chi connectivity index (χ1n) is 45.1. The van der Waals surface area contributed by atoms with Gasteiger partial charge < -0.3 is 52.0 Å². The summed E-state index contributed by atoms with van der Waals surface area (Å²) in [4.78, 5) is 0. The highest BCUT2D eigenvalue weighted by Gasteiger charge is 2.25. The van der Waals surface area contributed by atoms with Crippen LogP contribution < -0.4 is 28.4 Å². The van der Waals surface area contributed by atoms with Crippen molar-refractivity contribution in [1.82, 2.24) is 13.7 Å². The van der Waals surface area contributed by atoms with Crippen LogP contribution in [0.4, 0.5) is 0 Å². The van der Waals surface area contributed by atoms with Crippen molar-refractivity contribution in [3.8, 4) is 34.5 Å². The average molecular weight is 1740 g/mol. The SMILES string of the molecule is CC(C)(C)Cc1ccccc1.CC(C)(C)c1ccc(CO)cc1.CC(C)(C)c1ccccc1.CC(C)(C)n1cc2ccccc2c1.CC(C)(C)n1ccc2ccccc21.CC(C)(C)n1cccc1.CCOC(C)(C)C.COc1ccc(C(C)(C)C)c(OC)c1.COc1cccc(C(C)(C)C)c1.COc1cccc(OC)c1C(C)(C)C.COc1ccccc1C(C)(C)C. The number of aliphatic hydroxyl groups excluding tert-OH is 1. The summed E-state index contributed by atoms with van der Waals surface area (Å²) < 4.78 is 43.6. The molecule has 0 saturated heterocycles. The largest absolute Gasteiger partial charge is 0.497 e. The number of methoxy groups -OCH3 is 6. The summed E-state index contributed by atoms with van der Waals surface area (Å²) in [6, 6.07) is 80.6. The van der Waals surface area contributed by atoms with Gasteiger partial charge in [-0.3, -0.25) is 0 Å². The fraction of sp³-hybridized carbons (Fsp3) is 0.466. The second-order valence-corrected chi connectivity index (χ2v) is 43.2. The van der Waals surface area contributed by atoms with Gasteiger partial charge in [0, 0.05) is 71.4 Å². The third-order valence-corrected chi connectivity index (χ3v) is 20.1.